The molecule has 0 amide bonds. The fourth-order valence-electron chi connectivity index (χ4n) is 2.34. The number of carboxylic acid groups (broad SMARTS) is 1. The molecule has 1 atom stereocenters. The second-order valence-electron chi connectivity index (χ2n) is 4.89. The van der Waals surface area contributed by atoms with Gasteiger partial charge in [0.1, 0.15) is 0 Å². The zero-order valence-corrected chi connectivity index (χ0v) is 10.1. The van der Waals surface area contributed by atoms with Gasteiger partial charge in [-0.25, -0.2) is 0 Å². The molecule has 1 aliphatic rings. The first-order chi connectivity index (χ1) is 7.03. The molecule has 88 valence electrons. The molecule has 1 unspecified atom stereocenters. The Morgan fingerprint density at radius 1 is 1.40 bits per heavy atom. The molecule has 1 heterocycles. The van der Waals surface area contributed by atoms with E-state index in [1.165, 1.54) is 12.8 Å². The minimum absolute atomic E-state index is 0.295. The largest absolute Gasteiger partial charge is 0.481 e. The zero-order chi connectivity index (χ0) is 11.5. The lowest BCUT2D eigenvalue weighted by molar-refractivity contribution is -0.137. The molecule has 0 aliphatic carbocycles. The standard InChI is InChI=1S/C12H23NO2/c1-4-12(5-2)8-13(9-12)10(3)6-7-11(14)15/h10H,4-9H2,1-3H3,(H,14,15). The molecule has 1 saturated heterocycles. The van der Waals surface area contributed by atoms with Crippen LogP contribution in [0.2, 0.25) is 0 Å². The second kappa shape index (κ2) is 4.97. The van der Waals surface area contributed by atoms with Crippen LogP contribution >= 0.6 is 0 Å². The van der Waals surface area contributed by atoms with Crippen LogP contribution in [0.3, 0.4) is 0 Å². The Balaban J connectivity index is 2.28. The summed E-state index contributed by atoms with van der Waals surface area (Å²) in [6, 6.07) is 0.423. The average Bonchev–Trinajstić information content (AvgIpc) is 2.14. The van der Waals surface area contributed by atoms with E-state index in [-0.39, 0.29) is 0 Å². The molecular weight excluding hydrogens is 190 g/mol. The van der Waals surface area contributed by atoms with Gasteiger partial charge in [0.05, 0.1) is 0 Å². The fraction of sp³-hybridized carbons (Fsp3) is 0.917. The van der Waals surface area contributed by atoms with E-state index in [4.69, 9.17) is 5.11 Å². The highest BCUT2D eigenvalue weighted by atomic mass is 16.4. The molecule has 3 nitrogen and oxygen atoms in total. The van der Waals surface area contributed by atoms with Crippen molar-refractivity contribution in [3.05, 3.63) is 0 Å². The minimum atomic E-state index is -0.681. The van der Waals surface area contributed by atoms with E-state index >= 15 is 0 Å². The Bertz CT molecular complexity index is 216. The fourth-order valence-corrected chi connectivity index (χ4v) is 2.34. The molecule has 15 heavy (non-hydrogen) atoms. The number of hydrogen-bond acceptors (Lipinski definition) is 2. The van der Waals surface area contributed by atoms with Gasteiger partial charge in [-0.05, 0) is 31.6 Å². The lowest BCUT2D eigenvalue weighted by Gasteiger charge is -2.52. The lowest BCUT2D eigenvalue weighted by atomic mass is 9.74. The lowest BCUT2D eigenvalue weighted by Crippen LogP contribution is -2.58. The molecule has 1 rings (SSSR count). The molecule has 0 bridgehead atoms. The molecule has 1 N–H and O–H groups in total. The Hall–Kier alpha value is -0.570. The average molecular weight is 213 g/mol. The van der Waals surface area contributed by atoms with Crippen molar-refractivity contribution in [3.63, 3.8) is 0 Å². The highest BCUT2D eigenvalue weighted by Gasteiger charge is 2.41. The third-order valence-corrected chi connectivity index (χ3v) is 3.98. The van der Waals surface area contributed by atoms with Gasteiger partial charge in [-0.2, -0.15) is 0 Å². The van der Waals surface area contributed by atoms with Gasteiger partial charge < -0.3 is 5.11 Å². The van der Waals surface area contributed by atoms with E-state index in [1.807, 2.05) is 0 Å². The summed E-state index contributed by atoms with van der Waals surface area (Å²) in [6.07, 6.45) is 3.55. The first-order valence-corrected chi connectivity index (χ1v) is 5.99. The van der Waals surface area contributed by atoms with Crippen molar-refractivity contribution in [1.29, 1.82) is 0 Å². The van der Waals surface area contributed by atoms with E-state index in [0.717, 1.165) is 19.5 Å². The summed E-state index contributed by atoms with van der Waals surface area (Å²) < 4.78 is 0. The van der Waals surface area contributed by atoms with Crippen molar-refractivity contribution in [2.45, 2.75) is 52.5 Å². The Morgan fingerprint density at radius 3 is 2.33 bits per heavy atom. The van der Waals surface area contributed by atoms with Gasteiger partial charge in [-0.3, -0.25) is 9.69 Å². The second-order valence-corrected chi connectivity index (χ2v) is 4.89. The molecule has 0 aromatic heterocycles. The Kier molecular flexibility index (Phi) is 4.14. The van der Waals surface area contributed by atoms with Gasteiger partial charge in [0.25, 0.3) is 0 Å². The zero-order valence-electron chi connectivity index (χ0n) is 10.1. The molecule has 0 radical (unpaired) electrons. The third kappa shape index (κ3) is 2.94. The van der Waals surface area contributed by atoms with E-state index in [0.29, 0.717) is 17.9 Å². The van der Waals surface area contributed by atoms with Crippen LogP contribution in [-0.4, -0.2) is 35.1 Å². The van der Waals surface area contributed by atoms with Crippen molar-refractivity contribution in [2.75, 3.05) is 13.1 Å². The maximum absolute atomic E-state index is 10.5. The van der Waals surface area contributed by atoms with E-state index < -0.39 is 5.97 Å². The number of carbonyl (C=O) groups is 1. The number of likely N-dealkylation sites (tertiary alicyclic amines) is 1. The first kappa shape index (κ1) is 12.5. The van der Waals surface area contributed by atoms with Crippen molar-refractivity contribution in [2.24, 2.45) is 5.41 Å². The van der Waals surface area contributed by atoms with Crippen molar-refractivity contribution < 1.29 is 9.90 Å². The normalized spacial score (nSPS) is 22.1. The number of nitrogens with zero attached hydrogens (tertiary/aromatic N) is 1. The maximum Gasteiger partial charge on any atom is 0.303 e. The summed E-state index contributed by atoms with van der Waals surface area (Å²) in [4.78, 5) is 12.9. The molecule has 0 spiro atoms. The van der Waals surface area contributed by atoms with Crippen molar-refractivity contribution in [3.8, 4) is 0 Å². The molecule has 0 saturated carbocycles. The van der Waals surface area contributed by atoms with Crippen LogP contribution in [0.5, 0.6) is 0 Å². The van der Waals surface area contributed by atoms with Crippen molar-refractivity contribution in [1.82, 2.24) is 4.90 Å². The topological polar surface area (TPSA) is 40.5 Å². The molecule has 1 fully saturated rings. The Morgan fingerprint density at radius 2 is 1.93 bits per heavy atom. The van der Waals surface area contributed by atoms with Gasteiger partial charge in [-0.15, -0.1) is 0 Å². The highest BCUT2D eigenvalue weighted by molar-refractivity contribution is 5.66. The van der Waals surface area contributed by atoms with E-state index in [1.54, 1.807) is 0 Å². The van der Waals surface area contributed by atoms with Gasteiger partial charge in [0.2, 0.25) is 0 Å². The van der Waals surface area contributed by atoms with Crippen LogP contribution in [0, 0.1) is 5.41 Å². The smallest absolute Gasteiger partial charge is 0.303 e. The first-order valence-electron chi connectivity index (χ1n) is 5.99. The molecule has 1 aliphatic heterocycles. The predicted octanol–water partition coefficient (Wildman–Crippen LogP) is 2.36. The van der Waals surface area contributed by atoms with Crippen LogP contribution in [0.15, 0.2) is 0 Å². The van der Waals surface area contributed by atoms with Crippen molar-refractivity contribution >= 4 is 5.97 Å². The molecular formula is C12H23NO2. The van der Waals surface area contributed by atoms with Gasteiger partial charge >= 0.3 is 5.97 Å². The summed E-state index contributed by atoms with van der Waals surface area (Å²) in [5.41, 5.74) is 0.525. The number of hydrogen-bond donors (Lipinski definition) is 1. The summed E-state index contributed by atoms with van der Waals surface area (Å²) in [7, 11) is 0. The molecule has 0 aromatic carbocycles. The predicted molar refractivity (Wildman–Crippen MR) is 60.9 cm³/mol. The van der Waals surface area contributed by atoms with E-state index in [2.05, 4.69) is 25.7 Å². The minimum Gasteiger partial charge on any atom is -0.481 e. The number of rotatable bonds is 6. The third-order valence-electron chi connectivity index (χ3n) is 3.98. The van der Waals surface area contributed by atoms with Crippen LogP contribution in [0.4, 0.5) is 0 Å². The summed E-state index contributed by atoms with van der Waals surface area (Å²) in [5, 5.41) is 8.61. The number of carboxylic acids is 1. The Labute approximate surface area is 92.5 Å². The maximum atomic E-state index is 10.5. The monoisotopic (exact) mass is 213 g/mol. The van der Waals surface area contributed by atoms with Crippen LogP contribution in [-0.2, 0) is 4.79 Å². The van der Waals surface area contributed by atoms with Gasteiger partial charge in [-0.1, -0.05) is 13.8 Å². The van der Waals surface area contributed by atoms with Crippen LogP contribution < -0.4 is 0 Å². The number of aliphatic carboxylic acids is 1. The summed E-state index contributed by atoms with van der Waals surface area (Å²) >= 11 is 0. The SMILES string of the molecule is CCC1(CC)CN(C(C)CCC(=O)O)C1. The molecule has 3 heteroatoms. The highest BCUT2D eigenvalue weighted by Crippen LogP contribution is 2.38. The van der Waals surface area contributed by atoms with E-state index in [9.17, 15) is 4.79 Å². The van der Waals surface area contributed by atoms with Crippen LogP contribution in [0.1, 0.15) is 46.5 Å². The quantitative estimate of drug-likeness (QED) is 0.736. The van der Waals surface area contributed by atoms with Gasteiger partial charge in [0.15, 0.2) is 0 Å². The van der Waals surface area contributed by atoms with Gasteiger partial charge in [0, 0.05) is 25.6 Å². The van der Waals surface area contributed by atoms with Crippen LogP contribution in [0.25, 0.3) is 0 Å². The summed E-state index contributed by atoms with van der Waals surface area (Å²) in [5.74, 6) is -0.681. The molecule has 0 aromatic rings. The summed E-state index contributed by atoms with van der Waals surface area (Å²) in [6.45, 7) is 8.95.